The smallest absolute Gasteiger partial charge is 0.416 e. The van der Waals surface area contributed by atoms with Crippen LogP contribution in [-0.4, -0.2) is 5.11 Å². The van der Waals surface area contributed by atoms with E-state index >= 15 is 0 Å². The summed E-state index contributed by atoms with van der Waals surface area (Å²) in [6, 6.07) is 8.21. The van der Waals surface area contributed by atoms with Crippen LogP contribution in [0.4, 0.5) is 18.9 Å². The molecular formula is C13H12F3NO2. The highest BCUT2D eigenvalue weighted by atomic mass is 19.4. The van der Waals surface area contributed by atoms with Gasteiger partial charge >= 0.3 is 6.18 Å². The van der Waals surface area contributed by atoms with Crippen molar-refractivity contribution in [2.75, 3.05) is 5.32 Å². The van der Waals surface area contributed by atoms with Gasteiger partial charge in [-0.1, -0.05) is 6.07 Å². The van der Waals surface area contributed by atoms with Crippen molar-refractivity contribution in [2.45, 2.75) is 19.3 Å². The molecule has 6 heteroatoms. The lowest BCUT2D eigenvalue weighted by molar-refractivity contribution is -0.137. The SMILES string of the molecule is OCc1ccc(CNc2cccc(C(F)(F)F)c2)o1. The molecule has 2 aromatic rings. The number of rotatable bonds is 4. The molecule has 102 valence electrons. The highest BCUT2D eigenvalue weighted by Crippen LogP contribution is 2.30. The number of hydrogen-bond acceptors (Lipinski definition) is 3. The third-order valence-electron chi connectivity index (χ3n) is 2.53. The summed E-state index contributed by atoms with van der Waals surface area (Å²) in [4.78, 5) is 0. The number of aliphatic hydroxyl groups is 1. The Balaban J connectivity index is 2.03. The van der Waals surface area contributed by atoms with Crippen LogP contribution in [0.5, 0.6) is 0 Å². The zero-order chi connectivity index (χ0) is 13.9. The number of benzene rings is 1. The lowest BCUT2D eigenvalue weighted by Gasteiger charge is -2.09. The Morgan fingerprint density at radius 1 is 1.11 bits per heavy atom. The molecular weight excluding hydrogens is 259 g/mol. The molecule has 0 spiro atoms. The molecule has 0 bridgehead atoms. The zero-order valence-corrected chi connectivity index (χ0v) is 9.87. The van der Waals surface area contributed by atoms with Crippen molar-refractivity contribution in [2.24, 2.45) is 0 Å². The third-order valence-corrected chi connectivity index (χ3v) is 2.53. The largest absolute Gasteiger partial charge is 0.462 e. The summed E-state index contributed by atoms with van der Waals surface area (Å²) in [7, 11) is 0. The second kappa shape index (κ2) is 5.36. The van der Waals surface area contributed by atoms with Crippen molar-refractivity contribution in [3.05, 3.63) is 53.5 Å². The monoisotopic (exact) mass is 271 g/mol. The van der Waals surface area contributed by atoms with Crippen LogP contribution in [0.15, 0.2) is 40.8 Å². The van der Waals surface area contributed by atoms with E-state index in [1.165, 1.54) is 6.07 Å². The second-order valence-electron chi connectivity index (χ2n) is 3.96. The molecule has 1 aromatic carbocycles. The Morgan fingerprint density at radius 3 is 2.47 bits per heavy atom. The quantitative estimate of drug-likeness (QED) is 0.895. The van der Waals surface area contributed by atoms with Crippen LogP contribution < -0.4 is 5.32 Å². The fourth-order valence-corrected chi connectivity index (χ4v) is 1.60. The molecule has 19 heavy (non-hydrogen) atoms. The highest BCUT2D eigenvalue weighted by Gasteiger charge is 2.30. The van der Waals surface area contributed by atoms with Crippen molar-refractivity contribution >= 4 is 5.69 Å². The van der Waals surface area contributed by atoms with Crippen LogP contribution in [0, 0.1) is 0 Å². The highest BCUT2D eigenvalue weighted by molar-refractivity contribution is 5.46. The molecule has 0 atom stereocenters. The van der Waals surface area contributed by atoms with Crippen LogP contribution in [-0.2, 0) is 19.3 Å². The van der Waals surface area contributed by atoms with Gasteiger partial charge in [-0.15, -0.1) is 0 Å². The first-order chi connectivity index (χ1) is 8.99. The standard InChI is InChI=1S/C13H12F3NO2/c14-13(15,16)9-2-1-3-10(6-9)17-7-11-4-5-12(8-18)19-11/h1-6,17-18H,7-8H2. The predicted octanol–water partition coefficient (Wildman–Crippen LogP) is 3.40. The molecule has 3 nitrogen and oxygen atoms in total. The first-order valence-electron chi connectivity index (χ1n) is 5.58. The predicted molar refractivity (Wildman–Crippen MR) is 63.4 cm³/mol. The number of nitrogens with one attached hydrogen (secondary N) is 1. The van der Waals surface area contributed by atoms with E-state index in [1.807, 2.05) is 0 Å². The molecule has 0 aliphatic rings. The van der Waals surface area contributed by atoms with E-state index in [1.54, 1.807) is 18.2 Å². The maximum atomic E-state index is 12.5. The topological polar surface area (TPSA) is 45.4 Å². The van der Waals surface area contributed by atoms with Crippen LogP contribution in [0.25, 0.3) is 0 Å². The van der Waals surface area contributed by atoms with E-state index in [9.17, 15) is 13.2 Å². The van der Waals surface area contributed by atoms with Gasteiger partial charge < -0.3 is 14.8 Å². The second-order valence-corrected chi connectivity index (χ2v) is 3.96. The average Bonchev–Trinajstić information content (AvgIpc) is 2.84. The van der Waals surface area contributed by atoms with Crippen molar-refractivity contribution in [3.63, 3.8) is 0 Å². The summed E-state index contributed by atoms with van der Waals surface area (Å²) in [5.74, 6) is 0.960. The van der Waals surface area contributed by atoms with E-state index in [0.717, 1.165) is 12.1 Å². The number of aliphatic hydroxyl groups excluding tert-OH is 1. The van der Waals surface area contributed by atoms with Crippen LogP contribution in [0.2, 0.25) is 0 Å². The van der Waals surface area contributed by atoms with Gasteiger partial charge in [-0.2, -0.15) is 13.2 Å². The van der Waals surface area contributed by atoms with Gasteiger partial charge in [0.1, 0.15) is 18.1 Å². The minimum atomic E-state index is -4.35. The van der Waals surface area contributed by atoms with E-state index in [0.29, 0.717) is 17.2 Å². The Hall–Kier alpha value is -1.95. The number of halogens is 3. The van der Waals surface area contributed by atoms with Crippen molar-refractivity contribution < 1.29 is 22.7 Å². The summed E-state index contributed by atoms with van der Waals surface area (Å²) in [6.45, 7) is 0.0465. The summed E-state index contributed by atoms with van der Waals surface area (Å²) in [5.41, 5.74) is -0.343. The molecule has 0 aliphatic heterocycles. The lowest BCUT2D eigenvalue weighted by atomic mass is 10.2. The Labute approximate surface area is 107 Å². The first kappa shape index (κ1) is 13.5. The maximum Gasteiger partial charge on any atom is 0.416 e. The first-order valence-corrected chi connectivity index (χ1v) is 5.58. The van der Waals surface area contributed by atoms with E-state index in [4.69, 9.17) is 9.52 Å². The molecule has 2 rings (SSSR count). The molecule has 1 aromatic heterocycles. The number of furan rings is 1. The van der Waals surface area contributed by atoms with Crippen LogP contribution in [0.1, 0.15) is 17.1 Å². The van der Waals surface area contributed by atoms with E-state index in [2.05, 4.69) is 5.32 Å². The van der Waals surface area contributed by atoms with Crippen LogP contribution in [0.3, 0.4) is 0 Å². The molecule has 0 saturated carbocycles. The van der Waals surface area contributed by atoms with Gasteiger partial charge in [-0.25, -0.2) is 0 Å². The molecule has 0 aliphatic carbocycles. The molecule has 0 unspecified atom stereocenters. The minimum Gasteiger partial charge on any atom is -0.462 e. The Kier molecular flexibility index (Phi) is 3.80. The fraction of sp³-hybridized carbons (Fsp3) is 0.231. The molecule has 0 radical (unpaired) electrons. The van der Waals surface area contributed by atoms with Gasteiger partial charge in [-0.05, 0) is 30.3 Å². The summed E-state index contributed by atoms with van der Waals surface area (Å²) < 4.78 is 42.7. The van der Waals surface area contributed by atoms with Gasteiger partial charge in [0.15, 0.2) is 0 Å². The van der Waals surface area contributed by atoms with Crippen molar-refractivity contribution in [1.29, 1.82) is 0 Å². The molecule has 1 heterocycles. The van der Waals surface area contributed by atoms with Gasteiger partial charge in [-0.3, -0.25) is 0 Å². The zero-order valence-electron chi connectivity index (χ0n) is 9.87. The fourth-order valence-electron chi connectivity index (χ4n) is 1.60. The van der Waals surface area contributed by atoms with E-state index < -0.39 is 11.7 Å². The number of alkyl halides is 3. The van der Waals surface area contributed by atoms with Crippen molar-refractivity contribution in [1.82, 2.24) is 0 Å². The molecule has 2 N–H and O–H groups in total. The van der Waals surface area contributed by atoms with Gasteiger partial charge in [0.25, 0.3) is 0 Å². The lowest BCUT2D eigenvalue weighted by Crippen LogP contribution is -2.06. The minimum absolute atomic E-state index is 0.205. The number of anilines is 1. The molecule has 0 amide bonds. The summed E-state index contributed by atoms with van der Waals surface area (Å²) in [5, 5.41) is 11.7. The summed E-state index contributed by atoms with van der Waals surface area (Å²) in [6.07, 6.45) is -4.35. The number of hydrogen-bond donors (Lipinski definition) is 2. The average molecular weight is 271 g/mol. The van der Waals surface area contributed by atoms with Gasteiger partial charge in [0.05, 0.1) is 12.1 Å². The van der Waals surface area contributed by atoms with Gasteiger partial charge in [0.2, 0.25) is 0 Å². The maximum absolute atomic E-state index is 12.5. The Bertz CT molecular complexity index is 549. The van der Waals surface area contributed by atoms with Crippen LogP contribution >= 0.6 is 0 Å². The molecule has 0 saturated heterocycles. The Morgan fingerprint density at radius 2 is 1.84 bits per heavy atom. The summed E-state index contributed by atoms with van der Waals surface area (Å²) >= 11 is 0. The normalized spacial score (nSPS) is 11.6. The molecule has 0 fully saturated rings. The van der Waals surface area contributed by atoms with Gasteiger partial charge in [0, 0.05) is 5.69 Å². The van der Waals surface area contributed by atoms with Crippen molar-refractivity contribution in [3.8, 4) is 0 Å². The van der Waals surface area contributed by atoms with E-state index in [-0.39, 0.29) is 13.2 Å². The third kappa shape index (κ3) is 3.51.